The highest BCUT2D eigenvalue weighted by molar-refractivity contribution is 5.93. The van der Waals surface area contributed by atoms with Crippen molar-refractivity contribution >= 4 is 11.7 Å². The Morgan fingerprint density at radius 2 is 2.25 bits per heavy atom. The summed E-state index contributed by atoms with van der Waals surface area (Å²) in [6.45, 7) is 4.53. The molecule has 1 aliphatic heterocycles. The Morgan fingerprint density at radius 3 is 2.85 bits per heavy atom. The zero-order valence-corrected chi connectivity index (χ0v) is 12.1. The molecule has 2 rings (SSSR count). The zero-order chi connectivity index (χ0) is 14.8. The molecule has 0 amide bonds. The highest BCUT2D eigenvalue weighted by Crippen LogP contribution is 2.30. The molecule has 0 aliphatic carbocycles. The van der Waals surface area contributed by atoms with Crippen molar-refractivity contribution in [3.05, 3.63) is 23.8 Å². The van der Waals surface area contributed by atoms with Crippen LogP contribution in [0.5, 0.6) is 5.75 Å². The molecule has 0 saturated carbocycles. The number of esters is 1. The summed E-state index contributed by atoms with van der Waals surface area (Å²) < 4.78 is 16.3. The van der Waals surface area contributed by atoms with E-state index in [2.05, 4.69) is 13.8 Å². The van der Waals surface area contributed by atoms with Crippen molar-refractivity contribution in [3.8, 4) is 5.75 Å². The summed E-state index contributed by atoms with van der Waals surface area (Å²) >= 11 is 0. The Labute approximate surface area is 119 Å². The number of nitrogens with two attached hydrogens (primary N) is 1. The number of carbonyl (C=O) groups excluding carboxylic acids is 1. The van der Waals surface area contributed by atoms with Gasteiger partial charge in [-0.25, -0.2) is 4.79 Å². The fourth-order valence-electron chi connectivity index (χ4n) is 2.31. The minimum Gasteiger partial charge on any atom is -0.490 e. The third-order valence-corrected chi connectivity index (χ3v) is 3.39. The SMILES string of the molecule is COC(=O)c1ccc(N)cc1OCC1CCC(C)(C)O1. The van der Waals surface area contributed by atoms with Crippen LogP contribution < -0.4 is 10.5 Å². The van der Waals surface area contributed by atoms with Gasteiger partial charge in [0.2, 0.25) is 0 Å². The molecule has 0 radical (unpaired) electrons. The number of ether oxygens (including phenoxy) is 3. The molecule has 0 spiro atoms. The molecule has 0 aromatic heterocycles. The lowest BCUT2D eigenvalue weighted by molar-refractivity contribution is -0.0328. The van der Waals surface area contributed by atoms with Crippen LogP contribution in [-0.4, -0.2) is 31.4 Å². The molecule has 0 bridgehead atoms. The summed E-state index contributed by atoms with van der Waals surface area (Å²) in [5, 5.41) is 0. The number of nitrogen functional groups attached to an aromatic ring is 1. The van der Waals surface area contributed by atoms with E-state index in [0.717, 1.165) is 12.8 Å². The van der Waals surface area contributed by atoms with Gasteiger partial charge in [-0.15, -0.1) is 0 Å². The molecular weight excluding hydrogens is 258 g/mol. The molecule has 1 atom stereocenters. The standard InChI is InChI=1S/C15H21NO4/c1-15(2)7-6-11(20-15)9-19-13-8-10(16)4-5-12(13)14(17)18-3/h4-5,8,11H,6-7,9,16H2,1-3H3. The topological polar surface area (TPSA) is 70.8 Å². The van der Waals surface area contributed by atoms with Gasteiger partial charge in [0.25, 0.3) is 0 Å². The average Bonchev–Trinajstić information content (AvgIpc) is 2.75. The lowest BCUT2D eigenvalue weighted by Gasteiger charge is -2.20. The minimum absolute atomic E-state index is 0.0388. The number of carbonyl (C=O) groups is 1. The first-order valence-corrected chi connectivity index (χ1v) is 6.70. The number of hydrogen-bond acceptors (Lipinski definition) is 5. The van der Waals surface area contributed by atoms with Gasteiger partial charge in [0.1, 0.15) is 17.9 Å². The molecule has 5 heteroatoms. The van der Waals surface area contributed by atoms with Crippen LogP contribution >= 0.6 is 0 Å². The number of hydrogen-bond donors (Lipinski definition) is 1. The largest absolute Gasteiger partial charge is 0.490 e. The van der Waals surface area contributed by atoms with E-state index in [1.807, 2.05) is 0 Å². The Morgan fingerprint density at radius 1 is 1.50 bits per heavy atom. The summed E-state index contributed by atoms with van der Waals surface area (Å²) in [7, 11) is 1.34. The number of rotatable bonds is 4. The predicted molar refractivity (Wildman–Crippen MR) is 75.9 cm³/mol. The van der Waals surface area contributed by atoms with E-state index in [9.17, 15) is 4.79 Å². The van der Waals surface area contributed by atoms with Gasteiger partial charge in [0.05, 0.1) is 18.8 Å². The summed E-state index contributed by atoms with van der Waals surface area (Å²) in [4.78, 5) is 11.7. The molecule has 20 heavy (non-hydrogen) atoms. The summed E-state index contributed by atoms with van der Waals surface area (Å²) in [6.07, 6.45) is 1.99. The quantitative estimate of drug-likeness (QED) is 0.677. The van der Waals surface area contributed by atoms with Crippen LogP contribution in [0.4, 0.5) is 5.69 Å². The third kappa shape index (κ3) is 3.42. The highest BCUT2D eigenvalue weighted by Gasteiger charge is 2.32. The van der Waals surface area contributed by atoms with Crippen LogP contribution in [0.3, 0.4) is 0 Å². The predicted octanol–water partition coefficient (Wildman–Crippen LogP) is 2.39. The molecule has 1 aliphatic rings. The monoisotopic (exact) mass is 279 g/mol. The van der Waals surface area contributed by atoms with E-state index in [-0.39, 0.29) is 11.7 Å². The maximum Gasteiger partial charge on any atom is 0.341 e. The molecule has 2 N–H and O–H groups in total. The minimum atomic E-state index is -0.437. The van der Waals surface area contributed by atoms with Crippen LogP contribution in [0.1, 0.15) is 37.0 Å². The Kier molecular flexibility index (Phi) is 4.18. The lowest BCUT2D eigenvalue weighted by atomic mass is 10.1. The summed E-state index contributed by atoms with van der Waals surface area (Å²) in [5.41, 5.74) is 6.55. The average molecular weight is 279 g/mol. The van der Waals surface area contributed by atoms with Crippen LogP contribution in [0.2, 0.25) is 0 Å². The van der Waals surface area contributed by atoms with E-state index >= 15 is 0 Å². The Hall–Kier alpha value is -1.75. The van der Waals surface area contributed by atoms with Crippen molar-refractivity contribution in [2.45, 2.75) is 38.4 Å². The van der Waals surface area contributed by atoms with Crippen molar-refractivity contribution in [2.24, 2.45) is 0 Å². The van der Waals surface area contributed by atoms with Crippen molar-refractivity contribution in [3.63, 3.8) is 0 Å². The molecular formula is C15H21NO4. The Bertz CT molecular complexity index is 499. The Balaban J connectivity index is 2.05. The smallest absolute Gasteiger partial charge is 0.341 e. The third-order valence-electron chi connectivity index (χ3n) is 3.39. The van der Waals surface area contributed by atoms with Crippen LogP contribution in [0.25, 0.3) is 0 Å². The molecule has 1 aromatic carbocycles. The maximum absolute atomic E-state index is 11.7. The summed E-state index contributed by atoms with van der Waals surface area (Å²) in [5.74, 6) is -0.00201. The van der Waals surface area contributed by atoms with Crippen molar-refractivity contribution in [2.75, 3.05) is 19.5 Å². The number of benzene rings is 1. The van der Waals surface area contributed by atoms with E-state index in [1.165, 1.54) is 7.11 Å². The van der Waals surface area contributed by atoms with Gasteiger partial charge in [0, 0.05) is 11.8 Å². The van der Waals surface area contributed by atoms with E-state index in [0.29, 0.717) is 23.6 Å². The van der Waals surface area contributed by atoms with Gasteiger partial charge in [-0.3, -0.25) is 0 Å². The van der Waals surface area contributed by atoms with Gasteiger partial charge >= 0.3 is 5.97 Å². The molecule has 1 aromatic rings. The van der Waals surface area contributed by atoms with Gasteiger partial charge in [-0.1, -0.05) is 0 Å². The van der Waals surface area contributed by atoms with E-state index in [1.54, 1.807) is 18.2 Å². The molecule has 1 saturated heterocycles. The first-order valence-electron chi connectivity index (χ1n) is 6.70. The fraction of sp³-hybridized carbons (Fsp3) is 0.533. The van der Waals surface area contributed by atoms with E-state index in [4.69, 9.17) is 19.9 Å². The van der Waals surface area contributed by atoms with Crippen LogP contribution in [0.15, 0.2) is 18.2 Å². The zero-order valence-electron chi connectivity index (χ0n) is 12.1. The van der Waals surface area contributed by atoms with Gasteiger partial charge < -0.3 is 19.9 Å². The summed E-state index contributed by atoms with van der Waals surface area (Å²) in [6, 6.07) is 4.89. The van der Waals surface area contributed by atoms with Gasteiger partial charge in [0.15, 0.2) is 0 Å². The van der Waals surface area contributed by atoms with Crippen LogP contribution in [-0.2, 0) is 9.47 Å². The van der Waals surface area contributed by atoms with E-state index < -0.39 is 5.97 Å². The first-order chi connectivity index (χ1) is 9.41. The second-order valence-corrected chi connectivity index (χ2v) is 5.60. The highest BCUT2D eigenvalue weighted by atomic mass is 16.6. The van der Waals surface area contributed by atoms with Gasteiger partial charge in [-0.2, -0.15) is 0 Å². The number of methoxy groups -OCH3 is 1. The first kappa shape index (κ1) is 14.7. The van der Waals surface area contributed by atoms with Crippen molar-refractivity contribution < 1.29 is 19.0 Å². The maximum atomic E-state index is 11.7. The lowest BCUT2D eigenvalue weighted by Crippen LogP contribution is -2.24. The molecule has 110 valence electrons. The second kappa shape index (κ2) is 5.71. The van der Waals surface area contributed by atoms with Crippen LogP contribution in [0, 0.1) is 0 Å². The van der Waals surface area contributed by atoms with Gasteiger partial charge in [-0.05, 0) is 38.8 Å². The van der Waals surface area contributed by atoms with Crippen molar-refractivity contribution in [1.29, 1.82) is 0 Å². The fourth-order valence-corrected chi connectivity index (χ4v) is 2.31. The second-order valence-electron chi connectivity index (χ2n) is 5.60. The van der Waals surface area contributed by atoms with Crippen molar-refractivity contribution in [1.82, 2.24) is 0 Å². The normalized spacial score (nSPS) is 20.6. The molecule has 1 fully saturated rings. The molecule has 5 nitrogen and oxygen atoms in total. The number of anilines is 1. The molecule has 1 unspecified atom stereocenters. The molecule has 1 heterocycles.